The fourth-order valence-corrected chi connectivity index (χ4v) is 1.16. The van der Waals surface area contributed by atoms with Crippen LogP contribution < -0.4 is 5.32 Å². The Morgan fingerprint density at radius 3 is 2.92 bits per heavy atom. The van der Waals surface area contributed by atoms with Gasteiger partial charge in [-0.2, -0.15) is 0 Å². The van der Waals surface area contributed by atoms with Gasteiger partial charge in [-0.15, -0.1) is 0 Å². The summed E-state index contributed by atoms with van der Waals surface area (Å²) >= 11 is 0. The van der Waals surface area contributed by atoms with E-state index in [2.05, 4.69) is 5.32 Å². The van der Waals surface area contributed by atoms with Crippen molar-refractivity contribution in [2.24, 2.45) is 0 Å². The largest absolute Gasteiger partial charge is 0.376 e. The molecular formula is C8H16N2O2. The van der Waals surface area contributed by atoms with E-state index in [1.165, 1.54) is 4.90 Å². The minimum Gasteiger partial charge on any atom is -0.376 e. The molecule has 0 radical (unpaired) electrons. The molecule has 0 aromatic carbocycles. The van der Waals surface area contributed by atoms with Crippen LogP contribution in [0, 0.1) is 0 Å². The van der Waals surface area contributed by atoms with Crippen molar-refractivity contribution in [3.8, 4) is 0 Å². The third-order valence-electron chi connectivity index (χ3n) is 1.91. The molecule has 1 rings (SSSR count). The summed E-state index contributed by atoms with van der Waals surface area (Å²) in [5.41, 5.74) is 0. The number of amides is 2. The summed E-state index contributed by atoms with van der Waals surface area (Å²) < 4.78 is 5.35. The van der Waals surface area contributed by atoms with Crippen LogP contribution >= 0.6 is 0 Å². The normalized spacial score (nSPS) is 22.3. The smallest absolute Gasteiger partial charge is 0.316 e. The highest BCUT2D eigenvalue weighted by molar-refractivity contribution is 5.73. The molecule has 2 amide bonds. The number of rotatable bonds is 2. The molecule has 1 fully saturated rings. The first-order chi connectivity index (χ1) is 5.70. The summed E-state index contributed by atoms with van der Waals surface area (Å²) in [5.74, 6) is 0. The van der Waals surface area contributed by atoms with E-state index in [4.69, 9.17) is 4.74 Å². The van der Waals surface area contributed by atoms with Crippen LogP contribution in [0.1, 0.15) is 12.8 Å². The van der Waals surface area contributed by atoms with Crippen LogP contribution in [-0.4, -0.2) is 44.3 Å². The second kappa shape index (κ2) is 4.30. The zero-order valence-corrected chi connectivity index (χ0v) is 7.67. The van der Waals surface area contributed by atoms with Gasteiger partial charge in [0.2, 0.25) is 0 Å². The molecular weight excluding hydrogens is 156 g/mol. The average Bonchev–Trinajstić information content (AvgIpc) is 2.51. The molecule has 1 aliphatic rings. The van der Waals surface area contributed by atoms with Crippen LogP contribution in [0.3, 0.4) is 0 Å². The number of hydrogen-bond donors (Lipinski definition) is 1. The summed E-state index contributed by atoms with van der Waals surface area (Å²) in [6.45, 7) is 1.47. The lowest BCUT2D eigenvalue weighted by Crippen LogP contribution is -2.38. The fourth-order valence-electron chi connectivity index (χ4n) is 1.16. The van der Waals surface area contributed by atoms with E-state index < -0.39 is 0 Å². The molecule has 0 aromatic rings. The molecule has 0 saturated carbocycles. The van der Waals surface area contributed by atoms with Crippen molar-refractivity contribution in [3.05, 3.63) is 0 Å². The van der Waals surface area contributed by atoms with Gasteiger partial charge in [-0.3, -0.25) is 0 Å². The lowest BCUT2D eigenvalue weighted by atomic mass is 10.2. The molecule has 4 nitrogen and oxygen atoms in total. The lowest BCUT2D eigenvalue weighted by Gasteiger charge is -2.14. The first-order valence-electron chi connectivity index (χ1n) is 4.27. The number of hydrogen-bond acceptors (Lipinski definition) is 2. The molecule has 1 N–H and O–H groups in total. The first kappa shape index (κ1) is 9.32. The van der Waals surface area contributed by atoms with Crippen molar-refractivity contribution in [2.45, 2.75) is 18.9 Å². The van der Waals surface area contributed by atoms with Crippen LogP contribution in [0.4, 0.5) is 4.79 Å². The summed E-state index contributed by atoms with van der Waals surface area (Å²) in [4.78, 5) is 12.6. The molecule has 0 bridgehead atoms. The maximum atomic E-state index is 11.1. The molecule has 1 unspecified atom stereocenters. The number of ether oxygens (including phenoxy) is 1. The van der Waals surface area contributed by atoms with Crippen LogP contribution in [0.2, 0.25) is 0 Å². The second-order valence-corrected chi connectivity index (χ2v) is 3.22. The second-order valence-electron chi connectivity index (χ2n) is 3.22. The number of urea groups is 1. The Hall–Kier alpha value is -0.770. The number of carbonyl (C=O) groups is 1. The van der Waals surface area contributed by atoms with E-state index in [0.717, 1.165) is 19.4 Å². The van der Waals surface area contributed by atoms with E-state index >= 15 is 0 Å². The number of nitrogens with one attached hydrogen (secondary N) is 1. The number of carbonyl (C=O) groups excluding carboxylic acids is 1. The monoisotopic (exact) mass is 172 g/mol. The zero-order chi connectivity index (χ0) is 8.97. The van der Waals surface area contributed by atoms with Gasteiger partial charge in [0.1, 0.15) is 0 Å². The van der Waals surface area contributed by atoms with Gasteiger partial charge in [0, 0.05) is 27.2 Å². The topological polar surface area (TPSA) is 41.6 Å². The molecule has 0 aliphatic carbocycles. The molecule has 1 aliphatic heterocycles. The van der Waals surface area contributed by atoms with Gasteiger partial charge >= 0.3 is 6.03 Å². The Kier molecular flexibility index (Phi) is 3.34. The van der Waals surface area contributed by atoms with E-state index in [9.17, 15) is 4.79 Å². The zero-order valence-electron chi connectivity index (χ0n) is 7.67. The Morgan fingerprint density at radius 1 is 1.67 bits per heavy atom. The van der Waals surface area contributed by atoms with Gasteiger partial charge in [-0.25, -0.2) is 4.79 Å². The maximum Gasteiger partial charge on any atom is 0.316 e. The van der Waals surface area contributed by atoms with Crippen molar-refractivity contribution in [3.63, 3.8) is 0 Å². The Morgan fingerprint density at radius 2 is 2.42 bits per heavy atom. The summed E-state index contributed by atoms with van der Waals surface area (Å²) in [7, 11) is 3.45. The molecule has 12 heavy (non-hydrogen) atoms. The summed E-state index contributed by atoms with van der Waals surface area (Å²) in [5, 5.41) is 2.79. The van der Waals surface area contributed by atoms with Crippen molar-refractivity contribution in [1.82, 2.24) is 10.2 Å². The van der Waals surface area contributed by atoms with Crippen LogP contribution in [-0.2, 0) is 4.74 Å². The van der Waals surface area contributed by atoms with Gasteiger partial charge < -0.3 is 15.0 Å². The SMILES string of the molecule is CN(C)C(=O)NCC1CCCO1. The van der Waals surface area contributed by atoms with Crippen molar-refractivity contribution in [2.75, 3.05) is 27.2 Å². The van der Waals surface area contributed by atoms with Gasteiger partial charge in [0.15, 0.2) is 0 Å². The van der Waals surface area contributed by atoms with Crippen LogP contribution in [0.25, 0.3) is 0 Å². The quantitative estimate of drug-likeness (QED) is 0.656. The van der Waals surface area contributed by atoms with Crippen LogP contribution in [0.5, 0.6) is 0 Å². The number of nitrogens with zero attached hydrogens (tertiary/aromatic N) is 1. The Balaban J connectivity index is 2.12. The highest BCUT2D eigenvalue weighted by atomic mass is 16.5. The minimum atomic E-state index is -0.0505. The van der Waals surface area contributed by atoms with Crippen molar-refractivity contribution < 1.29 is 9.53 Å². The molecule has 1 atom stereocenters. The van der Waals surface area contributed by atoms with Gasteiger partial charge in [0.05, 0.1) is 6.10 Å². The minimum absolute atomic E-state index is 0.0505. The van der Waals surface area contributed by atoms with Crippen LogP contribution in [0.15, 0.2) is 0 Å². The summed E-state index contributed by atoms with van der Waals surface area (Å²) in [6, 6.07) is -0.0505. The van der Waals surface area contributed by atoms with Gasteiger partial charge in [-0.1, -0.05) is 0 Å². The summed E-state index contributed by atoms with van der Waals surface area (Å²) in [6.07, 6.45) is 2.41. The third kappa shape index (κ3) is 2.70. The molecule has 0 spiro atoms. The average molecular weight is 172 g/mol. The predicted octanol–water partition coefficient (Wildman–Crippen LogP) is 0.437. The maximum absolute atomic E-state index is 11.1. The molecule has 4 heteroatoms. The molecule has 70 valence electrons. The van der Waals surface area contributed by atoms with E-state index in [-0.39, 0.29) is 12.1 Å². The van der Waals surface area contributed by atoms with E-state index in [0.29, 0.717) is 6.54 Å². The highest BCUT2D eigenvalue weighted by Crippen LogP contribution is 2.10. The lowest BCUT2D eigenvalue weighted by molar-refractivity contribution is 0.110. The predicted molar refractivity (Wildman–Crippen MR) is 46.1 cm³/mol. The molecule has 1 saturated heterocycles. The standard InChI is InChI=1S/C8H16N2O2/c1-10(2)8(11)9-6-7-4-3-5-12-7/h7H,3-6H2,1-2H3,(H,9,11). The first-order valence-corrected chi connectivity index (χ1v) is 4.27. The fraction of sp³-hybridized carbons (Fsp3) is 0.875. The third-order valence-corrected chi connectivity index (χ3v) is 1.91. The van der Waals surface area contributed by atoms with Crippen molar-refractivity contribution in [1.29, 1.82) is 0 Å². The highest BCUT2D eigenvalue weighted by Gasteiger charge is 2.16. The van der Waals surface area contributed by atoms with Gasteiger partial charge in [-0.05, 0) is 12.8 Å². The van der Waals surface area contributed by atoms with E-state index in [1.807, 2.05) is 0 Å². The molecule has 0 aromatic heterocycles. The Labute approximate surface area is 72.9 Å². The van der Waals surface area contributed by atoms with E-state index in [1.54, 1.807) is 14.1 Å². The van der Waals surface area contributed by atoms with Gasteiger partial charge in [0.25, 0.3) is 0 Å². The Bertz CT molecular complexity index is 153. The van der Waals surface area contributed by atoms with Crippen molar-refractivity contribution >= 4 is 6.03 Å². The molecule has 1 heterocycles.